The van der Waals surface area contributed by atoms with E-state index in [1.165, 1.54) is 108 Å². The molecule has 10 aromatic carbocycles. The van der Waals surface area contributed by atoms with Gasteiger partial charge in [-0.05, 0) is 134 Å². The summed E-state index contributed by atoms with van der Waals surface area (Å²) >= 11 is 0. The predicted molar refractivity (Wildman–Crippen MR) is 184 cm³/mol. The van der Waals surface area contributed by atoms with Crippen LogP contribution in [0, 0.1) is 13.8 Å². The van der Waals surface area contributed by atoms with Crippen LogP contribution in [0.1, 0.15) is 11.1 Å². The SMILES string of the molecule is Cc1c2cc3c4ccccc4c4cccc(c2c(C)c2c5cc6ccccc6c6c(-c7ccccc7)ccc(c12)c56)c43. The number of hydrogen-bond acceptors (Lipinski definition) is 0. The fraction of sp³-hybridized carbons (Fsp3) is 0.0476. The highest BCUT2D eigenvalue weighted by Crippen LogP contribution is 2.51. The summed E-state index contributed by atoms with van der Waals surface area (Å²) in [6.07, 6.45) is 0. The quantitative estimate of drug-likeness (QED) is 0.185. The summed E-state index contributed by atoms with van der Waals surface area (Å²) in [5.74, 6) is 0. The van der Waals surface area contributed by atoms with E-state index in [4.69, 9.17) is 0 Å². The first-order valence-corrected chi connectivity index (χ1v) is 14.9. The molecule has 0 spiro atoms. The molecular weight excluding hydrogens is 504 g/mol. The lowest BCUT2D eigenvalue weighted by molar-refractivity contribution is 1.57. The number of aryl methyl sites for hydroxylation is 2. The largest absolute Gasteiger partial charge is 0.0622 e. The molecule has 0 aromatic heterocycles. The van der Waals surface area contributed by atoms with Crippen LogP contribution in [0.15, 0.2) is 121 Å². The van der Waals surface area contributed by atoms with Crippen LogP contribution in [0.5, 0.6) is 0 Å². The lowest BCUT2D eigenvalue weighted by Gasteiger charge is -2.14. The summed E-state index contributed by atoms with van der Waals surface area (Å²) in [6.45, 7) is 4.72. The van der Waals surface area contributed by atoms with E-state index in [0.29, 0.717) is 0 Å². The summed E-state index contributed by atoms with van der Waals surface area (Å²) in [7, 11) is 0. The molecule has 0 amide bonds. The van der Waals surface area contributed by atoms with E-state index in [2.05, 4.69) is 135 Å². The van der Waals surface area contributed by atoms with Gasteiger partial charge in [0.1, 0.15) is 0 Å². The minimum atomic E-state index is 1.27. The second kappa shape index (κ2) is 7.75. The number of fused-ring (bicyclic) bond motifs is 10. The van der Waals surface area contributed by atoms with E-state index in [0.717, 1.165) is 0 Å². The van der Waals surface area contributed by atoms with Gasteiger partial charge in [0.2, 0.25) is 0 Å². The fourth-order valence-corrected chi connectivity index (χ4v) is 8.39. The molecule has 10 rings (SSSR count). The lowest BCUT2D eigenvalue weighted by atomic mass is 9.89. The monoisotopic (exact) mass is 530 g/mol. The zero-order valence-electron chi connectivity index (χ0n) is 23.5. The number of hydrogen-bond donors (Lipinski definition) is 0. The van der Waals surface area contributed by atoms with Gasteiger partial charge < -0.3 is 0 Å². The Kier molecular flexibility index (Phi) is 4.15. The molecule has 0 unspecified atom stereocenters. The minimum Gasteiger partial charge on any atom is -0.0622 e. The van der Waals surface area contributed by atoms with Gasteiger partial charge in [-0.2, -0.15) is 0 Å². The molecular formula is C42H26. The molecule has 0 saturated heterocycles. The second-order valence-corrected chi connectivity index (χ2v) is 12.0. The summed E-state index contributed by atoms with van der Waals surface area (Å²) in [5.41, 5.74) is 5.35. The summed E-state index contributed by atoms with van der Waals surface area (Å²) in [5, 5.41) is 21.9. The molecule has 0 aliphatic carbocycles. The molecule has 0 radical (unpaired) electrons. The fourth-order valence-electron chi connectivity index (χ4n) is 8.39. The molecule has 0 aliphatic rings. The molecule has 10 aromatic rings. The van der Waals surface area contributed by atoms with Gasteiger partial charge in [0.05, 0.1) is 0 Å². The molecule has 0 atom stereocenters. The second-order valence-electron chi connectivity index (χ2n) is 12.0. The number of rotatable bonds is 1. The zero-order chi connectivity index (χ0) is 27.7. The molecule has 194 valence electrons. The van der Waals surface area contributed by atoms with E-state index in [1.807, 2.05) is 0 Å². The van der Waals surface area contributed by atoms with Crippen molar-refractivity contribution in [1.82, 2.24) is 0 Å². The zero-order valence-corrected chi connectivity index (χ0v) is 23.5. The maximum absolute atomic E-state index is 2.49. The van der Waals surface area contributed by atoms with Crippen LogP contribution in [-0.4, -0.2) is 0 Å². The van der Waals surface area contributed by atoms with Crippen molar-refractivity contribution >= 4 is 86.2 Å². The first-order chi connectivity index (χ1) is 20.7. The topological polar surface area (TPSA) is 0 Å². The molecule has 0 aliphatic heterocycles. The van der Waals surface area contributed by atoms with Gasteiger partial charge in [0.15, 0.2) is 0 Å². The Bertz CT molecular complexity index is 2730. The summed E-state index contributed by atoms with van der Waals surface area (Å²) in [6, 6.07) is 45.3. The third kappa shape index (κ3) is 2.59. The Hall–Kier alpha value is -5.20. The van der Waals surface area contributed by atoms with Crippen LogP contribution in [0.3, 0.4) is 0 Å². The van der Waals surface area contributed by atoms with E-state index < -0.39 is 0 Å². The molecule has 42 heavy (non-hydrogen) atoms. The van der Waals surface area contributed by atoms with Crippen LogP contribution in [0.4, 0.5) is 0 Å². The molecule has 0 N–H and O–H groups in total. The first kappa shape index (κ1) is 22.5. The van der Waals surface area contributed by atoms with Crippen molar-refractivity contribution in [3.8, 4) is 11.1 Å². The van der Waals surface area contributed by atoms with E-state index in [9.17, 15) is 0 Å². The standard InChI is InChI=1S/C42H26/c1-23-34-22-35-30-16-9-8-15-29(30)31-17-10-18-32(40(31)35)37(34)24(2)39-36-21-26-13-6-7-14-27(26)41-28(25-11-4-3-5-12-25)19-20-33(38(23)39)42(36)41/h3-22H,1-2H3. The summed E-state index contributed by atoms with van der Waals surface area (Å²) in [4.78, 5) is 0. The van der Waals surface area contributed by atoms with Gasteiger partial charge in [0.25, 0.3) is 0 Å². The van der Waals surface area contributed by atoms with Gasteiger partial charge in [0, 0.05) is 0 Å². The van der Waals surface area contributed by atoms with Gasteiger partial charge in [-0.15, -0.1) is 0 Å². The highest BCUT2D eigenvalue weighted by Gasteiger charge is 2.23. The minimum absolute atomic E-state index is 1.27. The lowest BCUT2D eigenvalue weighted by Crippen LogP contribution is -1.88. The van der Waals surface area contributed by atoms with Gasteiger partial charge in [-0.1, -0.05) is 109 Å². The van der Waals surface area contributed by atoms with E-state index >= 15 is 0 Å². The van der Waals surface area contributed by atoms with Gasteiger partial charge in [-0.3, -0.25) is 0 Å². The first-order valence-electron chi connectivity index (χ1n) is 14.9. The highest BCUT2D eigenvalue weighted by atomic mass is 14.3. The van der Waals surface area contributed by atoms with Crippen LogP contribution < -0.4 is 0 Å². The number of benzene rings is 8. The maximum Gasteiger partial charge on any atom is -0.00135 e. The van der Waals surface area contributed by atoms with Crippen molar-refractivity contribution in [3.63, 3.8) is 0 Å². The molecule has 0 nitrogen and oxygen atoms in total. The Morgan fingerprint density at radius 1 is 0.310 bits per heavy atom. The molecule has 0 saturated carbocycles. The van der Waals surface area contributed by atoms with E-state index in [1.54, 1.807) is 0 Å². The van der Waals surface area contributed by atoms with Crippen molar-refractivity contribution in [3.05, 3.63) is 132 Å². The average Bonchev–Trinajstić information content (AvgIpc) is 3.55. The van der Waals surface area contributed by atoms with Crippen molar-refractivity contribution in [1.29, 1.82) is 0 Å². The maximum atomic E-state index is 2.49. The molecule has 0 bridgehead atoms. The van der Waals surface area contributed by atoms with Crippen molar-refractivity contribution < 1.29 is 0 Å². The van der Waals surface area contributed by atoms with Gasteiger partial charge >= 0.3 is 0 Å². The third-order valence-corrected chi connectivity index (χ3v) is 10.1. The Morgan fingerprint density at radius 2 is 0.952 bits per heavy atom. The van der Waals surface area contributed by atoms with Crippen LogP contribution >= 0.6 is 0 Å². The molecule has 0 heterocycles. The van der Waals surface area contributed by atoms with Crippen molar-refractivity contribution in [2.24, 2.45) is 0 Å². The summed E-state index contributed by atoms with van der Waals surface area (Å²) < 4.78 is 0. The van der Waals surface area contributed by atoms with Crippen LogP contribution in [0.25, 0.3) is 97.3 Å². The van der Waals surface area contributed by atoms with E-state index in [-0.39, 0.29) is 0 Å². The van der Waals surface area contributed by atoms with Gasteiger partial charge in [-0.25, -0.2) is 0 Å². The Morgan fingerprint density at radius 3 is 1.79 bits per heavy atom. The smallest absolute Gasteiger partial charge is 0.00135 e. The normalized spacial score (nSPS) is 12.5. The highest BCUT2D eigenvalue weighted by molar-refractivity contribution is 6.42. The molecule has 0 fully saturated rings. The van der Waals surface area contributed by atoms with Crippen LogP contribution in [0.2, 0.25) is 0 Å². The Labute approximate surface area is 243 Å². The average molecular weight is 531 g/mol. The third-order valence-electron chi connectivity index (χ3n) is 10.1. The predicted octanol–water partition coefficient (Wildman–Crippen LogP) is 12.1. The van der Waals surface area contributed by atoms with Crippen molar-refractivity contribution in [2.45, 2.75) is 13.8 Å². The molecule has 0 heteroatoms. The Balaban J connectivity index is 1.49. The van der Waals surface area contributed by atoms with Crippen molar-refractivity contribution in [2.75, 3.05) is 0 Å². The van der Waals surface area contributed by atoms with Crippen LogP contribution in [-0.2, 0) is 0 Å².